The Kier molecular flexibility index (Phi) is 7.72. The lowest BCUT2D eigenvalue weighted by Crippen LogP contribution is -2.99. The summed E-state index contributed by atoms with van der Waals surface area (Å²) >= 11 is 0. The minimum atomic E-state index is -1.09. The lowest BCUT2D eigenvalue weighted by atomic mass is 9.79. The van der Waals surface area contributed by atoms with Gasteiger partial charge in [-0.3, -0.25) is 9.59 Å². The van der Waals surface area contributed by atoms with Crippen LogP contribution in [0.3, 0.4) is 0 Å². The molecule has 0 saturated carbocycles. The van der Waals surface area contributed by atoms with Gasteiger partial charge in [-0.25, -0.2) is 10.4 Å². The highest BCUT2D eigenvalue weighted by Crippen LogP contribution is 2.43. The van der Waals surface area contributed by atoms with Crippen molar-refractivity contribution in [3.8, 4) is 11.5 Å². The zero-order valence-electron chi connectivity index (χ0n) is 22.0. The molecule has 0 saturated heterocycles. The number of rotatable bonds is 7. The topological polar surface area (TPSA) is 184 Å². The van der Waals surface area contributed by atoms with E-state index < -0.39 is 28.2 Å². The standard InChI is InChI=1S/C28H27N5O8/c1-15-24(27(34)30-18-4-8-20(9-5-18)32(36)37)26(17-3-12-22-23(13-17)41-14-40-22)25(16(2)29-15)28(35)31-19-6-10-21(11-7-19)33(38)39/h3-13,26,29,32-33,36,38H,14H2,1-2H3,(H,30,34)(H,31,35). The number of allylic oxidation sites excluding steroid dienone is 2. The zero-order chi connectivity index (χ0) is 29.3. The van der Waals surface area contributed by atoms with Crippen LogP contribution < -0.4 is 35.9 Å². The largest absolute Gasteiger partial charge is 0.595 e. The van der Waals surface area contributed by atoms with Crippen LogP contribution in [0.2, 0.25) is 0 Å². The number of hydrogen-bond donors (Lipinski definition) is 7. The number of dihydropyridines is 1. The number of fused-ring (bicyclic) bond motifs is 1. The van der Waals surface area contributed by atoms with Crippen molar-refractivity contribution >= 4 is 34.6 Å². The predicted octanol–water partition coefficient (Wildman–Crippen LogP) is 1.73. The third-order valence-electron chi connectivity index (χ3n) is 6.76. The number of nitrogens with one attached hydrogen (secondary N) is 5. The average Bonchev–Trinajstić information content (AvgIpc) is 3.41. The van der Waals surface area contributed by atoms with Gasteiger partial charge in [-0.05, 0) is 55.8 Å². The van der Waals surface area contributed by atoms with Gasteiger partial charge in [0, 0.05) is 64.1 Å². The number of anilines is 2. The second-order valence-corrected chi connectivity index (χ2v) is 9.42. The Morgan fingerprint density at radius 2 is 1.24 bits per heavy atom. The lowest BCUT2D eigenvalue weighted by Gasteiger charge is -2.31. The molecule has 2 aliphatic heterocycles. The summed E-state index contributed by atoms with van der Waals surface area (Å²) in [6.45, 7) is 3.50. The van der Waals surface area contributed by atoms with Gasteiger partial charge in [0.2, 0.25) is 6.79 Å². The molecule has 212 valence electrons. The van der Waals surface area contributed by atoms with E-state index in [-0.39, 0.29) is 29.3 Å². The van der Waals surface area contributed by atoms with E-state index in [9.17, 15) is 30.4 Å². The second kappa shape index (κ2) is 11.4. The first-order chi connectivity index (χ1) is 19.6. The number of amides is 2. The van der Waals surface area contributed by atoms with Gasteiger partial charge in [0.25, 0.3) is 11.8 Å². The normalized spacial score (nSPS) is 17.6. The van der Waals surface area contributed by atoms with Crippen molar-refractivity contribution in [2.75, 3.05) is 17.4 Å². The molecule has 7 N–H and O–H groups in total. The molecule has 0 fully saturated rings. The summed E-state index contributed by atoms with van der Waals surface area (Å²) in [5.74, 6) is -0.807. The van der Waals surface area contributed by atoms with Crippen LogP contribution in [0.25, 0.3) is 0 Å². The Morgan fingerprint density at radius 1 is 0.780 bits per heavy atom. The molecule has 2 aliphatic rings. The molecule has 3 aromatic carbocycles. The molecule has 0 aliphatic carbocycles. The number of ether oxygens (including phenoxy) is 2. The monoisotopic (exact) mass is 561 g/mol. The van der Waals surface area contributed by atoms with Crippen molar-refractivity contribution in [1.29, 1.82) is 0 Å². The SMILES string of the molecule is CC1=C(C(=O)Nc2ccc([NH+]([O-])O)cc2)C(c2ccc3c(c2)OCO3)C(C(=O)Nc2ccc([NH+]([O-])O)cc2)=C(C)N1. The third-order valence-corrected chi connectivity index (χ3v) is 6.76. The summed E-state index contributed by atoms with van der Waals surface area (Å²) in [6, 6.07) is 16.7. The zero-order valence-corrected chi connectivity index (χ0v) is 22.0. The van der Waals surface area contributed by atoms with Crippen molar-refractivity contribution in [2.45, 2.75) is 19.8 Å². The smallest absolute Gasteiger partial charge is 0.254 e. The molecule has 2 unspecified atom stereocenters. The third kappa shape index (κ3) is 5.76. The predicted molar refractivity (Wildman–Crippen MR) is 146 cm³/mol. The maximum Gasteiger partial charge on any atom is 0.254 e. The molecule has 0 spiro atoms. The highest BCUT2D eigenvalue weighted by molar-refractivity contribution is 6.12. The number of quaternary nitrogens is 2. The van der Waals surface area contributed by atoms with E-state index in [0.717, 1.165) is 0 Å². The molecule has 0 radical (unpaired) electrons. The minimum Gasteiger partial charge on any atom is -0.595 e. The van der Waals surface area contributed by atoms with Crippen LogP contribution in [-0.2, 0) is 9.59 Å². The summed E-state index contributed by atoms with van der Waals surface area (Å²) in [5, 5.41) is 47.4. The summed E-state index contributed by atoms with van der Waals surface area (Å²) in [5.41, 5.74) is 3.08. The molecule has 41 heavy (non-hydrogen) atoms. The molecule has 5 rings (SSSR count). The molecule has 0 bridgehead atoms. The lowest BCUT2D eigenvalue weighted by molar-refractivity contribution is -0.991. The van der Waals surface area contributed by atoms with E-state index >= 15 is 0 Å². The summed E-state index contributed by atoms with van der Waals surface area (Å²) in [6.07, 6.45) is 0. The molecular weight excluding hydrogens is 534 g/mol. The number of hydrogen-bond acceptors (Lipinski definition) is 9. The summed E-state index contributed by atoms with van der Waals surface area (Å²) in [7, 11) is 0. The fourth-order valence-electron chi connectivity index (χ4n) is 4.81. The molecule has 2 amide bonds. The van der Waals surface area contributed by atoms with Crippen molar-refractivity contribution in [1.82, 2.24) is 5.32 Å². The highest BCUT2D eigenvalue weighted by atomic mass is 16.8. The molecule has 2 atom stereocenters. The molecule has 13 nitrogen and oxygen atoms in total. The fourth-order valence-corrected chi connectivity index (χ4v) is 4.81. The van der Waals surface area contributed by atoms with Gasteiger partial charge < -0.3 is 35.8 Å². The van der Waals surface area contributed by atoms with Crippen molar-refractivity contribution in [3.05, 3.63) is 105 Å². The van der Waals surface area contributed by atoms with Crippen LogP contribution in [-0.4, -0.2) is 29.0 Å². The van der Waals surface area contributed by atoms with Gasteiger partial charge >= 0.3 is 0 Å². The van der Waals surface area contributed by atoms with Gasteiger partial charge in [0.1, 0.15) is 0 Å². The summed E-state index contributed by atoms with van der Waals surface area (Å²) < 4.78 is 11.0. The number of benzene rings is 3. The summed E-state index contributed by atoms with van der Waals surface area (Å²) in [4.78, 5) is 27.5. The van der Waals surface area contributed by atoms with E-state index in [1.807, 2.05) is 0 Å². The van der Waals surface area contributed by atoms with Crippen LogP contribution in [0.4, 0.5) is 22.7 Å². The van der Waals surface area contributed by atoms with Crippen LogP contribution in [0.5, 0.6) is 11.5 Å². The molecule has 3 aromatic rings. The van der Waals surface area contributed by atoms with Crippen molar-refractivity contribution < 1.29 is 39.9 Å². The van der Waals surface area contributed by atoms with E-state index in [1.165, 1.54) is 48.5 Å². The van der Waals surface area contributed by atoms with Gasteiger partial charge in [0.15, 0.2) is 22.9 Å². The van der Waals surface area contributed by atoms with Gasteiger partial charge in [-0.2, -0.15) is 10.5 Å². The van der Waals surface area contributed by atoms with Crippen LogP contribution in [0.1, 0.15) is 25.3 Å². The van der Waals surface area contributed by atoms with Gasteiger partial charge in [0.05, 0.1) is 0 Å². The number of carbonyl (C=O) groups is 2. The van der Waals surface area contributed by atoms with Crippen LogP contribution in [0, 0.1) is 10.4 Å². The van der Waals surface area contributed by atoms with Crippen molar-refractivity contribution in [2.24, 2.45) is 0 Å². The maximum absolute atomic E-state index is 13.8. The molecule has 13 heteroatoms. The first-order valence-electron chi connectivity index (χ1n) is 12.5. The van der Waals surface area contributed by atoms with E-state index in [2.05, 4.69) is 16.0 Å². The van der Waals surface area contributed by atoms with E-state index in [1.54, 1.807) is 32.0 Å². The Bertz CT molecular complexity index is 1460. The second-order valence-electron chi connectivity index (χ2n) is 9.42. The Balaban J connectivity index is 1.51. The molecule has 0 aromatic heterocycles. The first kappa shape index (κ1) is 27.8. The van der Waals surface area contributed by atoms with E-state index in [0.29, 0.717) is 39.8 Å². The molecular formula is C28H27N5O8. The first-order valence-corrected chi connectivity index (χ1v) is 12.5. The van der Waals surface area contributed by atoms with Crippen LogP contribution in [0.15, 0.2) is 89.3 Å². The number of carbonyl (C=O) groups excluding carboxylic acids is 2. The fraction of sp³-hybridized carbons (Fsp3) is 0.143. The molecule has 2 heterocycles. The minimum absolute atomic E-state index is 0.0497. The Hall–Kier alpha value is -4.76. The van der Waals surface area contributed by atoms with Crippen LogP contribution >= 0.6 is 0 Å². The highest BCUT2D eigenvalue weighted by Gasteiger charge is 2.37. The quantitative estimate of drug-likeness (QED) is 0.211. The van der Waals surface area contributed by atoms with Gasteiger partial charge in [-0.1, -0.05) is 6.07 Å². The maximum atomic E-state index is 13.8. The van der Waals surface area contributed by atoms with E-state index in [4.69, 9.17) is 9.47 Å². The Morgan fingerprint density at radius 3 is 1.71 bits per heavy atom. The Labute approximate surface area is 234 Å². The van der Waals surface area contributed by atoms with Gasteiger partial charge in [-0.15, -0.1) is 0 Å². The average molecular weight is 562 g/mol. The van der Waals surface area contributed by atoms with Crippen molar-refractivity contribution in [3.63, 3.8) is 0 Å².